The van der Waals surface area contributed by atoms with Crippen LogP contribution in [0.2, 0.25) is 5.02 Å². The molecule has 1 heterocycles. The van der Waals surface area contributed by atoms with E-state index in [1.165, 1.54) is 12.5 Å². The van der Waals surface area contributed by atoms with Crippen molar-refractivity contribution in [2.75, 3.05) is 0 Å². The molecule has 0 bridgehead atoms. The predicted octanol–water partition coefficient (Wildman–Crippen LogP) is 8.28. The van der Waals surface area contributed by atoms with Crippen molar-refractivity contribution in [2.45, 2.75) is 38.0 Å². The summed E-state index contributed by atoms with van der Waals surface area (Å²) in [6, 6.07) is 27.7. The summed E-state index contributed by atoms with van der Waals surface area (Å²) in [6.45, 7) is 5.98. The lowest BCUT2D eigenvalue weighted by molar-refractivity contribution is -0.140. The summed E-state index contributed by atoms with van der Waals surface area (Å²) in [5, 5.41) is 6.33. The smallest absolute Gasteiger partial charge is 0.331 e. The molecule has 0 aliphatic heterocycles. The fourth-order valence-electron chi connectivity index (χ4n) is 4.66. The summed E-state index contributed by atoms with van der Waals surface area (Å²) in [4.78, 5) is 30.6. The number of hydrogen-bond donors (Lipinski definition) is 0. The van der Waals surface area contributed by atoms with Crippen LogP contribution in [0.25, 0.3) is 21.8 Å². The van der Waals surface area contributed by atoms with E-state index in [4.69, 9.17) is 16.4 Å². The maximum Gasteiger partial charge on any atom is 0.331 e. The van der Waals surface area contributed by atoms with Crippen molar-refractivity contribution in [2.24, 2.45) is 5.16 Å². The van der Waals surface area contributed by atoms with E-state index in [0.29, 0.717) is 21.9 Å². The molecule has 5 rings (SSSR count). The monoisotopic (exact) mass is 554 g/mol. The average Bonchev–Trinajstić information content (AvgIpc) is 3.27. The summed E-state index contributed by atoms with van der Waals surface area (Å²) in [7, 11) is 0. The first-order valence-corrected chi connectivity index (χ1v) is 14.0. The minimum atomic E-state index is -0.470. The largest absolute Gasteiger partial charge is 0.341 e. The van der Waals surface area contributed by atoms with Gasteiger partial charge in [0.2, 0.25) is 0 Å². The first-order valence-electron chi connectivity index (χ1n) is 12.6. The van der Waals surface area contributed by atoms with Gasteiger partial charge in [-0.25, -0.2) is 4.79 Å². The van der Waals surface area contributed by atoms with Gasteiger partial charge in [-0.2, -0.15) is 0 Å². The van der Waals surface area contributed by atoms with Gasteiger partial charge in [0.15, 0.2) is 5.78 Å². The standard InChI is InChI=1S/C32H27ClN2O3S/c1-4-35-30-14-10-23(20(2)34-38-21(3)36)16-27(30)28-17-24(11-15-31(28)35)32(37)26-13-12-25(18-29(26)33)39-19-22-8-6-5-7-9-22/h5-18H,4,19H2,1-3H3/b34-20+. The number of aromatic nitrogens is 1. The summed E-state index contributed by atoms with van der Waals surface area (Å²) in [6.07, 6.45) is 0. The number of thioether (sulfide) groups is 1. The normalized spacial score (nSPS) is 11.7. The van der Waals surface area contributed by atoms with Gasteiger partial charge in [-0.05, 0) is 73.5 Å². The van der Waals surface area contributed by atoms with Crippen LogP contribution in [0.3, 0.4) is 0 Å². The van der Waals surface area contributed by atoms with Crippen molar-refractivity contribution in [3.63, 3.8) is 0 Å². The molecule has 0 aliphatic carbocycles. The number of nitrogens with zero attached hydrogens (tertiary/aromatic N) is 2. The van der Waals surface area contributed by atoms with E-state index >= 15 is 0 Å². The Hall–Kier alpha value is -3.87. The molecule has 0 spiro atoms. The van der Waals surface area contributed by atoms with Crippen LogP contribution in [0.15, 0.2) is 95.0 Å². The van der Waals surface area contributed by atoms with Gasteiger partial charge in [-0.1, -0.05) is 53.2 Å². The number of carbonyl (C=O) groups excluding carboxylic acids is 2. The number of rotatable bonds is 8. The van der Waals surface area contributed by atoms with Gasteiger partial charge < -0.3 is 9.40 Å². The molecule has 0 saturated heterocycles. The molecule has 0 atom stereocenters. The van der Waals surface area contributed by atoms with Crippen LogP contribution in [0.5, 0.6) is 0 Å². The molecule has 1 aromatic heterocycles. The Kier molecular flexibility index (Phi) is 7.87. The van der Waals surface area contributed by atoms with Crippen LogP contribution >= 0.6 is 23.4 Å². The number of carbonyl (C=O) groups is 2. The predicted molar refractivity (Wildman–Crippen MR) is 160 cm³/mol. The second-order valence-corrected chi connectivity index (χ2v) is 10.7. The molecule has 0 unspecified atom stereocenters. The Labute approximate surface area is 236 Å². The molecule has 0 radical (unpaired) electrons. The highest BCUT2D eigenvalue weighted by atomic mass is 35.5. The molecule has 39 heavy (non-hydrogen) atoms. The zero-order chi connectivity index (χ0) is 27.5. The lowest BCUT2D eigenvalue weighted by Crippen LogP contribution is -2.02. The van der Waals surface area contributed by atoms with Crippen LogP contribution in [-0.2, 0) is 21.9 Å². The van der Waals surface area contributed by atoms with E-state index in [9.17, 15) is 9.59 Å². The summed E-state index contributed by atoms with van der Waals surface area (Å²) in [5.41, 5.74) is 5.79. The van der Waals surface area contributed by atoms with Crippen molar-refractivity contribution < 1.29 is 14.4 Å². The van der Waals surface area contributed by atoms with Crippen molar-refractivity contribution in [3.8, 4) is 0 Å². The minimum Gasteiger partial charge on any atom is -0.341 e. The molecule has 0 saturated carbocycles. The van der Waals surface area contributed by atoms with Crippen LogP contribution in [0.1, 0.15) is 47.8 Å². The Bertz CT molecular complexity index is 1740. The van der Waals surface area contributed by atoms with Crippen LogP contribution in [0, 0.1) is 0 Å². The summed E-state index contributed by atoms with van der Waals surface area (Å²) < 4.78 is 2.22. The molecule has 4 aromatic carbocycles. The fraction of sp³-hybridized carbons (Fsp3) is 0.156. The first kappa shape index (κ1) is 26.7. The SMILES string of the molecule is CCn1c2ccc(C(=O)c3ccc(SCc4ccccc4)cc3Cl)cc2c2cc(/C(C)=N/OC(C)=O)ccc21. The van der Waals surface area contributed by atoms with Crippen LogP contribution < -0.4 is 0 Å². The van der Waals surface area contributed by atoms with Gasteiger partial charge in [-0.15, -0.1) is 11.8 Å². The highest BCUT2D eigenvalue weighted by Crippen LogP contribution is 2.33. The molecule has 5 aromatic rings. The minimum absolute atomic E-state index is 0.123. The topological polar surface area (TPSA) is 60.7 Å². The molecule has 7 heteroatoms. The summed E-state index contributed by atoms with van der Waals surface area (Å²) in [5.74, 6) is 0.237. The molecule has 0 amide bonds. The first-order chi connectivity index (χ1) is 18.9. The molecule has 196 valence electrons. The quantitative estimate of drug-likeness (QED) is 0.0636. The third-order valence-electron chi connectivity index (χ3n) is 6.61. The van der Waals surface area contributed by atoms with Gasteiger partial charge in [0.05, 0.1) is 10.7 Å². The van der Waals surface area contributed by atoms with E-state index in [0.717, 1.165) is 44.6 Å². The van der Waals surface area contributed by atoms with Gasteiger partial charge in [0.25, 0.3) is 0 Å². The van der Waals surface area contributed by atoms with Gasteiger partial charge in [-0.3, -0.25) is 4.79 Å². The maximum atomic E-state index is 13.6. The molecule has 0 aliphatic rings. The fourth-order valence-corrected chi connectivity index (χ4v) is 5.88. The van der Waals surface area contributed by atoms with Crippen molar-refractivity contribution in [1.29, 1.82) is 0 Å². The van der Waals surface area contributed by atoms with Crippen molar-refractivity contribution in [1.82, 2.24) is 4.57 Å². The highest BCUT2D eigenvalue weighted by Gasteiger charge is 2.17. The van der Waals surface area contributed by atoms with E-state index in [1.807, 2.05) is 72.8 Å². The number of fused-ring (bicyclic) bond motifs is 3. The number of hydrogen-bond acceptors (Lipinski definition) is 5. The Morgan fingerprint density at radius 3 is 2.18 bits per heavy atom. The van der Waals surface area contributed by atoms with Gasteiger partial charge in [0.1, 0.15) is 0 Å². The molecule has 0 fully saturated rings. The molecular formula is C32H27ClN2O3S. The molecule has 0 N–H and O–H groups in total. The maximum absolute atomic E-state index is 13.6. The zero-order valence-corrected chi connectivity index (χ0v) is 23.5. The molecular weight excluding hydrogens is 528 g/mol. The number of oxime groups is 1. The zero-order valence-electron chi connectivity index (χ0n) is 21.9. The van der Waals surface area contributed by atoms with Crippen LogP contribution in [0.4, 0.5) is 0 Å². The van der Waals surface area contributed by atoms with Crippen molar-refractivity contribution in [3.05, 3.63) is 112 Å². The average molecular weight is 555 g/mol. The van der Waals surface area contributed by atoms with E-state index in [1.54, 1.807) is 18.7 Å². The lowest BCUT2D eigenvalue weighted by atomic mass is 10.0. The number of aryl methyl sites for hydroxylation is 1. The third-order valence-corrected chi connectivity index (χ3v) is 7.98. The second-order valence-electron chi connectivity index (χ2n) is 9.21. The van der Waals surface area contributed by atoms with Gasteiger partial charge >= 0.3 is 5.97 Å². The summed E-state index contributed by atoms with van der Waals surface area (Å²) >= 11 is 8.30. The Morgan fingerprint density at radius 1 is 0.872 bits per heavy atom. The number of ketones is 1. The third kappa shape index (κ3) is 5.63. The number of benzene rings is 4. The van der Waals surface area contributed by atoms with Crippen LogP contribution in [-0.4, -0.2) is 22.0 Å². The Morgan fingerprint density at radius 2 is 1.54 bits per heavy atom. The highest BCUT2D eigenvalue weighted by molar-refractivity contribution is 7.98. The number of halogens is 1. The molecule has 5 nitrogen and oxygen atoms in total. The van der Waals surface area contributed by atoms with Gasteiger partial charge in [0, 0.05) is 57.0 Å². The second kappa shape index (κ2) is 11.5. The Balaban J connectivity index is 1.48. The van der Waals surface area contributed by atoms with Crippen molar-refractivity contribution >= 4 is 62.6 Å². The van der Waals surface area contributed by atoms with E-state index in [-0.39, 0.29) is 5.78 Å². The van der Waals surface area contributed by atoms with E-state index < -0.39 is 5.97 Å². The van der Waals surface area contributed by atoms with E-state index in [2.05, 4.69) is 28.8 Å². The lowest BCUT2D eigenvalue weighted by Gasteiger charge is -2.08.